The standard InChI is InChI=1S/C25H22O3/c1-25(2)16-15-21-23(27-3)14-12-20(24(21)28-25)22(26)13-11-18-9-6-8-17-7-4-5-10-19(17)18/h4-16H,1-3H3/b13-11+. The lowest BCUT2D eigenvalue weighted by Crippen LogP contribution is -2.28. The molecule has 0 aromatic heterocycles. The van der Waals surface area contributed by atoms with Gasteiger partial charge in [-0.15, -0.1) is 0 Å². The molecule has 1 aliphatic heterocycles. The van der Waals surface area contributed by atoms with Crippen molar-refractivity contribution in [1.29, 1.82) is 0 Å². The van der Waals surface area contributed by atoms with Crippen molar-refractivity contribution >= 4 is 28.7 Å². The largest absolute Gasteiger partial charge is 0.496 e. The fraction of sp³-hybridized carbons (Fsp3) is 0.160. The van der Waals surface area contributed by atoms with Gasteiger partial charge in [0, 0.05) is 0 Å². The molecule has 28 heavy (non-hydrogen) atoms. The molecule has 0 saturated heterocycles. The molecule has 0 saturated carbocycles. The Morgan fingerprint density at radius 3 is 2.64 bits per heavy atom. The number of carbonyl (C=O) groups is 1. The van der Waals surface area contributed by atoms with Crippen molar-refractivity contribution in [2.75, 3.05) is 7.11 Å². The maximum atomic E-state index is 13.0. The number of allylic oxidation sites excluding steroid dienone is 1. The lowest BCUT2D eigenvalue weighted by Gasteiger charge is -2.29. The molecule has 0 radical (unpaired) electrons. The predicted octanol–water partition coefficient (Wildman–Crippen LogP) is 5.93. The second-order valence-corrected chi connectivity index (χ2v) is 7.36. The maximum Gasteiger partial charge on any atom is 0.189 e. The van der Waals surface area contributed by atoms with Gasteiger partial charge in [0.1, 0.15) is 17.1 Å². The highest BCUT2D eigenvalue weighted by Gasteiger charge is 2.27. The van der Waals surface area contributed by atoms with E-state index in [0.717, 1.165) is 21.9 Å². The SMILES string of the molecule is COc1ccc(C(=O)/C=C/c2cccc3ccccc23)c2c1C=CC(C)(C)O2. The Morgan fingerprint density at radius 1 is 1.04 bits per heavy atom. The van der Waals surface area contributed by atoms with Crippen LogP contribution >= 0.6 is 0 Å². The molecule has 0 aliphatic carbocycles. The first-order valence-electron chi connectivity index (χ1n) is 9.28. The average Bonchev–Trinajstić information content (AvgIpc) is 2.70. The van der Waals surface area contributed by atoms with E-state index in [1.807, 2.05) is 62.4 Å². The molecule has 4 rings (SSSR count). The molecule has 140 valence electrons. The monoisotopic (exact) mass is 370 g/mol. The summed E-state index contributed by atoms with van der Waals surface area (Å²) in [4.78, 5) is 13.0. The summed E-state index contributed by atoms with van der Waals surface area (Å²) >= 11 is 0. The van der Waals surface area contributed by atoms with E-state index < -0.39 is 5.60 Å². The average molecular weight is 370 g/mol. The van der Waals surface area contributed by atoms with Crippen LogP contribution in [0.2, 0.25) is 0 Å². The van der Waals surface area contributed by atoms with Crippen LogP contribution in [0.4, 0.5) is 0 Å². The zero-order chi connectivity index (χ0) is 19.7. The van der Waals surface area contributed by atoms with Gasteiger partial charge in [-0.3, -0.25) is 4.79 Å². The van der Waals surface area contributed by atoms with Crippen molar-refractivity contribution in [2.45, 2.75) is 19.4 Å². The van der Waals surface area contributed by atoms with E-state index in [1.165, 1.54) is 0 Å². The summed E-state index contributed by atoms with van der Waals surface area (Å²) in [7, 11) is 1.62. The van der Waals surface area contributed by atoms with E-state index in [1.54, 1.807) is 19.3 Å². The van der Waals surface area contributed by atoms with Gasteiger partial charge in [0.2, 0.25) is 0 Å². The van der Waals surface area contributed by atoms with Crippen molar-refractivity contribution in [3.05, 3.63) is 83.4 Å². The Bertz CT molecular complexity index is 1110. The first kappa shape index (κ1) is 18.1. The molecule has 0 spiro atoms. The van der Waals surface area contributed by atoms with Crippen LogP contribution in [0.5, 0.6) is 11.5 Å². The van der Waals surface area contributed by atoms with Gasteiger partial charge >= 0.3 is 0 Å². The van der Waals surface area contributed by atoms with E-state index in [2.05, 4.69) is 18.2 Å². The molecule has 1 aliphatic rings. The minimum atomic E-state index is -0.478. The van der Waals surface area contributed by atoms with Gasteiger partial charge in [-0.05, 0) is 60.5 Å². The zero-order valence-corrected chi connectivity index (χ0v) is 16.2. The Hall–Kier alpha value is -3.33. The minimum Gasteiger partial charge on any atom is -0.496 e. The number of benzene rings is 3. The number of ether oxygens (including phenoxy) is 2. The Balaban J connectivity index is 1.73. The van der Waals surface area contributed by atoms with Crippen LogP contribution in [-0.2, 0) is 0 Å². The van der Waals surface area contributed by atoms with Crippen molar-refractivity contribution in [1.82, 2.24) is 0 Å². The van der Waals surface area contributed by atoms with Gasteiger partial charge in [0.25, 0.3) is 0 Å². The van der Waals surface area contributed by atoms with E-state index in [0.29, 0.717) is 17.1 Å². The van der Waals surface area contributed by atoms with Crippen molar-refractivity contribution in [2.24, 2.45) is 0 Å². The maximum absolute atomic E-state index is 13.0. The quantitative estimate of drug-likeness (QED) is 0.422. The summed E-state index contributed by atoms with van der Waals surface area (Å²) in [5.74, 6) is 1.16. The van der Waals surface area contributed by atoms with Crippen LogP contribution in [0.1, 0.15) is 35.3 Å². The Kier molecular flexibility index (Phi) is 4.52. The summed E-state index contributed by atoms with van der Waals surface area (Å²) in [6, 6.07) is 17.8. The van der Waals surface area contributed by atoms with Crippen LogP contribution in [0.3, 0.4) is 0 Å². The highest BCUT2D eigenvalue weighted by molar-refractivity contribution is 6.10. The Morgan fingerprint density at radius 2 is 1.82 bits per heavy atom. The van der Waals surface area contributed by atoms with Gasteiger partial charge in [0.15, 0.2) is 5.78 Å². The normalized spacial score (nSPS) is 14.7. The molecule has 0 N–H and O–H groups in total. The molecule has 0 unspecified atom stereocenters. The lowest BCUT2D eigenvalue weighted by atomic mass is 9.97. The highest BCUT2D eigenvalue weighted by atomic mass is 16.5. The number of ketones is 1. The number of fused-ring (bicyclic) bond motifs is 2. The van der Waals surface area contributed by atoms with E-state index in [4.69, 9.17) is 9.47 Å². The second-order valence-electron chi connectivity index (χ2n) is 7.36. The topological polar surface area (TPSA) is 35.5 Å². The van der Waals surface area contributed by atoms with E-state index >= 15 is 0 Å². The third kappa shape index (κ3) is 3.31. The molecule has 3 heteroatoms. The molecule has 3 aromatic rings. The molecule has 0 fully saturated rings. The van der Waals surface area contributed by atoms with Gasteiger partial charge in [-0.25, -0.2) is 0 Å². The molecule has 0 atom stereocenters. The number of hydrogen-bond acceptors (Lipinski definition) is 3. The second kappa shape index (κ2) is 7.01. The summed E-state index contributed by atoms with van der Waals surface area (Å²) in [6.45, 7) is 3.93. The number of methoxy groups -OCH3 is 1. The van der Waals surface area contributed by atoms with Crippen LogP contribution < -0.4 is 9.47 Å². The summed E-state index contributed by atoms with van der Waals surface area (Å²) in [5, 5.41) is 2.26. The van der Waals surface area contributed by atoms with E-state index in [-0.39, 0.29) is 5.78 Å². The zero-order valence-electron chi connectivity index (χ0n) is 16.2. The number of rotatable bonds is 4. The van der Waals surface area contributed by atoms with E-state index in [9.17, 15) is 4.79 Å². The number of carbonyl (C=O) groups excluding carboxylic acids is 1. The van der Waals surface area contributed by atoms with Crippen LogP contribution in [-0.4, -0.2) is 18.5 Å². The summed E-state index contributed by atoms with van der Waals surface area (Å²) < 4.78 is 11.5. The molecular weight excluding hydrogens is 348 g/mol. The number of hydrogen-bond donors (Lipinski definition) is 0. The highest BCUT2D eigenvalue weighted by Crippen LogP contribution is 2.40. The molecular formula is C25H22O3. The summed E-state index contributed by atoms with van der Waals surface area (Å²) in [6.07, 6.45) is 7.41. The third-order valence-electron chi connectivity index (χ3n) is 4.90. The van der Waals surface area contributed by atoms with Crippen molar-refractivity contribution < 1.29 is 14.3 Å². The lowest BCUT2D eigenvalue weighted by molar-refractivity contribution is 0.103. The first-order chi connectivity index (χ1) is 13.5. The van der Waals surface area contributed by atoms with Crippen LogP contribution in [0, 0.1) is 0 Å². The molecule has 1 heterocycles. The van der Waals surface area contributed by atoms with Gasteiger partial charge in [-0.1, -0.05) is 48.5 Å². The third-order valence-corrected chi connectivity index (χ3v) is 4.90. The predicted molar refractivity (Wildman–Crippen MR) is 114 cm³/mol. The van der Waals surface area contributed by atoms with Gasteiger partial charge in [0.05, 0.1) is 18.2 Å². The van der Waals surface area contributed by atoms with Crippen LogP contribution in [0.25, 0.3) is 22.9 Å². The van der Waals surface area contributed by atoms with Crippen molar-refractivity contribution in [3.8, 4) is 11.5 Å². The Labute approximate surface area is 164 Å². The molecule has 3 nitrogen and oxygen atoms in total. The molecule has 0 bridgehead atoms. The fourth-order valence-corrected chi connectivity index (χ4v) is 3.45. The summed E-state index contributed by atoms with van der Waals surface area (Å²) in [5.41, 5.74) is 1.86. The molecule has 3 aromatic carbocycles. The van der Waals surface area contributed by atoms with Crippen molar-refractivity contribution in [3.63, 3.8) is 0 Å². The fourth-order valence-electron chi connectivity index (χ4n) is 3.45. The molecule has 0 amide bonds. The van der Waals surface area contributed by atoms with Crippen LogP contribution in [0.15, 0.2) is 66.7 Å². The first-order valence-corrected chi connectivity index (χ1v) is 9.28. The van der Waals surface area contributed by atoms with Gasteiger partial charge in [-0.2, -0.15) is 0 Å². The smallest absolute Gasteiger partial charge is 0.189 e. The van der Waals surface area contributed by atoms with Gasteiger partial charge < -0.3 is 9.47 Å². The minimum absolute atomic E-state index is 0.0991.